The van der Waals surface area contributed by atoms with Crippen molar-refractivity contribution in [2.24, 2.45) is 0 Å². The topological polar surface area (TPSA) is 9.72 Å². The summed E-state index contributed by atoms with van der Waals surface area (Å²) in [4.78, 5) is 6.01. The van der Waals surface area contributed by atoms with Crippen LogP contribution >= 0.6 is 0 Å². The molecule has 2 heterocycles. The van der Waals surface area contributed by atoms with Crippen LogP contribution in [-0.4, -0.2) is 6.71 Å². The molecule has 0 spiro atoms. The molecule has 8 aromatic carbocycles. The molecule has 4 heteroatoms. The first-order valence-corrected chi connectivity index (χ1v) is 23.2. The van der Waals surface area contributed by atoms with Crippen molar-refractivity contribution >= 4 is 85.1 Å². The summed E-state index contributed by atoms with van der Waals surface area (Å²) in [5, 5.41) is 2.11. The number of anilines is 9. The highest BCUT2D eigenvalue weighted by atomic mass is 15.2. The lowest BCUT2D eigenvalue weighted by Gasteiger charge is -2.45. The Hall–Kier alpha value is -6.52. The number of hydrogen-bond donors (Lipinski definition) is 0. The Kier molecular flexibility index (Phi) is 8.19. The average Bonchev–Trinajstić information content (AvgIpc) is 3.32. The Bertz CT molecular complexity index is 3390. The second-order valence-electron chi connectivity index (χ2n) is 22.2. The van der Waals surface area contributed by atoms with Crippen LogP contribution < -0.4 is 31.1 Å². The summed E-state index contributed by atoms with van der Waals surface area (Å²) in [5.41, 5.74) is 8.59. The molecule has 0 bridgehead atoms. The Morgan fingerprint density at radius 3 is 1.27 bits per heavy atom. The molecule has 0 saturated carbocycles. The number of para-hydroxylation sites is 1. The predicted octanol–water partition coefficient (Wildman–Crippen LogP) is 15.6. The summed E-state index contributed by atoms with van der Waals surface area (Å²) in [6, 6.07) is 40.5. The average molecular weight is 870 g/mol. The molecule has 8 aromatic rings. The molecule has 0 atom stereocenters. The van der Waals surface area contributed by atoms with Gasteiger partial charge in [0.05, 0.1) is 16.7 Å². The van der Waals surface area contributed by atoms with E-state index in [9.17, 15) is 11.0 Å². The Labute approximate surface area is 406 Å². The number of fused-ring (bicyclic) bond motifs is 5. The quantitative estimate of drug-likeness (QED) is 0.160. The second-order valence-corrected chi connectivity index (χ2v) is 22.2. The molecule has 3 nitrogen and oxygen atoms in total. The van der Waals surface area contributed by atoms with Crippen molar-refractivity contribution in [3.8, 4) is 0 Å². The van der Waals surface area contributed by atoms with Gasteiger partial charge in [-0.3, -0.25) is 0 Å². The van der Waals surface area contributed by atoms with Crippen LogP contribution in [0.15, 0.2) is 170 Å². The fraction of sp³-hybridized carbons (Fsp3) is 0.258. The highest BCUT2D eigenvalue weighted by molar-refractivity contribution is 7.00. The molecule has 330 valence electrons. The first-order valence-electron chi connectivity index (χ1n) is 27.2. The third-order valence-electron chi connectivity index (χ3n) is 13.2. The second kappa shape index (κ2) is 15.5. The molecular weight excluding hydrogens is 798 g/mol. The lowest BCUT2D eigenvalue weighted by Crippen LogP contribution is -2.61. The maximum Gasteiger partial charge on any atom is 0.252 e. The van der Waals surface area contributed by atoms with Crippen molar-refractivity contribution in [2.45, 2.75) is 105 Å². The minimum Gasteiger partial charge on any atom is -0.311 e. The van der Waals surface area contributed by atoms with E-state index in [1.807, 2.05) is 93.8 Å². The van der Waals surface area contributed by atoms with Crippen molar-refractivity contribution in [2.75, 3.05) is 14.7 Å². The van der Waals surface area contributed by atoms with E-state index in [2.05, 4.69) is 125 Å². The molecule has 2 aliphatic heterocycles. The molecule has 10 rings (SSSR count). The van der Waals surface area contributed by atoms with E-state index in [4.69, 9.17) is 0 Å². The van der Waals surface area contributed by atoms with Gasteiger partial charge < -0.3 is 14.7 Å². The summed E-state index contributed by atoms with van der Waals surface area (Å²) in [6.45, 7) is 24.1. The number of rotatable bonds is 5. The van der Waals surface area contributed by atoms with Crippen molar-refractivity contribution in [3.63, 3.8) is 0 Å². The van der Waals surface area contributed by atoms with E-state index in [0.717, 1.165) is 49.7 Å². The summed E-state index contributed by atoms with van der Waals surface area (Å²) in [5.74, 6) is 0. The summed E-state index contributed by atoms with van der Waals surface area (Å²) < 4.78 is 78.4. The fourth-order valence-corrected chi connectivity index (χ4v) is 9.46. The van der Waals surface area contributed by atoms with Crippen LogP contribution in [-0.2, 0) is 21.7 Å². The van der Waals surface area contributed by atoms with E-state index < -0.39 is 17.5 Å². The minimum atomic E-state index is -0.702. The molecule has 0 radical (unpaired) electrons. The van der Waals surface area contributed by atoms with Gasteiger partial charge >= 0.3 is 0 Å². The van der Waals surface area contributed by atoms with Crippen LogP contribution in [0.4, 0.5) is 51.2 Å². The highest BCUT2D eigenvalue weighted by Gasteiger charge is 2.45. The molecule has 0 unspecified atom stereocenters. The van der Waals surface area contributed by atoms with Crippen molar-refractivity contribution in [3.05, 3.63) is 192 Å². The predicted molar refractivity (Wildman–Crippen MR) is 287 cm³/mol. The molecule has 0 aliphatic carbocycles. The van der Waals surface area contributed by atoms with Crippen LogP contribution in [0.5, 0.6) is 0 Å². The van der Waals surface area contributed by atoms with Gasteiger partial charge in [0.1, 0.15) is 0 Å². The van der Waals surface area contributed by atoms with Crippen LogP contribution in [0.25, 0.3) is 10.8 Å². The maximum atomic E-state index is 9.98. The summed E-state index contributed by atoms with van der Waals surface area (Å²) >= 11 is 0. The molecule has 0 N–H and O–H groups in total. The largest absolute Gasteiger partial charge is 0.311 e. The zero-order valence-electron chi connectivity index (χ0n) is 48.5. The van der Waals surface area contributed by atoms with Gasteiger partial charge in [0.25, 0.3) is 6.71 Å². The molecular formula is C62H64BN3. The molecule has 0 aromatic heterocycles. The van der Waals surface area contributed by atoms with Crippen LogP contribution in [0, 0.1) is 0 Å². The Morgan fingerprint density at radius 2 is 0.818 bits per heavy atom. The molecule has 0 saturated heterocycles. The first kappa shape index (κ1) is 34.8. The zero-order valence-corrected chi connectivity index (χ0v) is 40.5. The van der Waals surface area contributed by atoms with Gasteiger partial charge in [-0.2, -0.15) is 0 Å². The van der Waals surface area contributed by atoms with Gasteiger partial charge in [-0.05, 0) is 144 Å². The summed E-state index contributed by atoms with van der Waals surface area (Å²) in [6.07, 6.45) is 0. The SMILES string of the molecule is [2H]c1c([2H])c(C(C)(C)C)c([2H])c([2H])c1N1c2ccc(C(C)(C)C)cc2B2c3cc(C(C)(C)C)ccc3N(c3c([2H])c([2H])c(C(C)(C)C)c([2H])c3[2H])c3cc(N(c4ccccc4)c4ccc5ccccc5c4)cc1c32. The van der Waals surface area contributed by atoms with Crippen LogP contribution in [0.3, 0.4) is 0 Å². The van der Waals surface area contributed by atoms with Crippen molar-refractivity contribution in [1.82, 2.24) is 0 Å². The normalized spacial score (nSPS) is 15.4. The van der Waals surface area contributed by atoms with Crippen LogP contribution in [0.2, 0.25) is 0 Å². The Balaban J connectivity index is 1.44. The third kappa shape index (κ3) is 7.59. The molecule has 2 aliphatic rings. The van der Waals surface area contributed by atoms with E-state index in [0.29, 0.717) is 39.6 Å². The lowest BCUT2D eigenvalue weighted by atomic mass is 9.33. The van der Waals surface area contributed by atoms with Crippen LogP contribution in [0.1, 0.15) is 116 Å². The highest BCUT2D eigenvalue weighted by Crippen LogP contribution is 2.49. The Morgan fingerprint density at radius 1 is 0.379 bits per heavy atom. The van der Waals surface area contributed by atoms with Gasteiger partial charge in [0.15, 0.2) is 0 Å². The minimum absolute atomic E-state index is 0.104. The first-order chi connectivity index (χ1) is 34.6. The smallest absolute Gasteiger partial charge is 0.252 e. The van der Waals surface area contributed by atoms with Gasteiger partial charge in [-0.25, -0.2) is 0 Å². The van der Waals surface area contributed by atoms with E-state index in [1.54, 1.807) is 0 Å². The van der Waals surface area contributed by atoms with Crippen molar-refractivity contribution in [1.29, 1.82) is 0 Å². The fourth-order valence-electron chi connectivity index (χ4n) is 9.46. The lowest BCUT2D eigenvalue weighted by molar-refractivity contribution is 0.590. The zero-order chi connectivity index (χ0) is 53.5. The molecule has 66 heavy (non-hydrogen) atoms. The number of benzene rings is 8. The molecule has 0 amide bonds. The third-order valence-corrected chi connectivity index (χ3v) is 13.2. The standard InChI is InChI=1S/C62H64BN3/c1-59(2,3)43-23-30-48(31-24-43)65-54-34-27-45(61(7,8)9)37-52(54)63-53-38-46(62(10,11)12)28-35-55(53)66(49-32-25-44(26-33-49)60(4,5)6)57-40-51(39-56(65)58(57)63)64(47-20-14-13-15-21-47)50-29-22-41-18-16-17-19-42(41)36-50/h13-40H,1-12H3/i23D,24D,25D,26D,30D,31D,32D,33D. The van der Waals surface area contributed by atoms with E-state index in [1.165, 1.54) is 0 Å². The summed E-state index contributed by atoms with van der Waals surface area (Å²) in [7, 11) is 0. The molecule has 0 fully saturated rings. The van der Waals surface area contributed by atoms with Gasteiger partial charge in [-0.1, -0.05) is 180 Å². The maximum absolute atomic E-state index is 9.98. The van der Waals surface area contributed by atoms with Crippen molar-refractivity contribution < 1.29 is 11.0 Å². The van der Waals surface area contributed by atoms with E-state index in [-0.39, 0.29) is 70.5 Å². The monoisotopic (exact) mass is 870 g/mol. The number of nitrogens with zero attached hydrogens (tertiary/aromatic N) is 3. The van der Waals surface area contributed by atoms with E-state index >= 15 is 0 Å². The number of hydrogen-bond acceptors (Lipinski definition) is 3. The van der Waals surface area contributed by atoms with Gasteiger partial charge in [-0.15, -0.1) is 0 Å². The van der Waals surface area contributed by atoms with Gasteiger partial charge in [0.2, 0.25) is 0 Å². The van der Waals surface area contributed by atoms with Gasteiger partial charge in [0, 0.05) is 45.5 Å².